The number of carbonyl (C=O) groups excluding carboxylic acids is 1. The molecule has 0 unspecified atom stereocenters. The number of benzene rings is 1. The van der Waals surface area contributed by atoms with Crippen LogP contribution >= 0.6 is 0 Å². The molecule has 2 rings (SSSR count). The minimum atomic E-state index is -0.820. The van der Waals surface area contributed by atoms with E-state index >= 15 is 0 Å². The molecule has 1 N–H and O–H groups in total. The van der Waals surface area contributed by atoms with Gasteiger partial charge in [-0.05, 0) is 18.6 Å². The topological polar surface area (TPSA) is 60.9 Å². The first kappa shape index (κ1) is 13.4. The maximum absolute atomic E-state index is 12.0. The third kappa shape index (κ3) is 2.70. The summed E-state index contributed by atoms with van der Waals surface area (Å²) in [6, 6.07) is 5.80. The molecule has 0 spiro atoms. The molecule has 0 atom stereocenters. The molecule has 0 saturated carbocycles. The van der Waals surface area contributed by atoms with Crippen molar-refractivity contribution >= 4 is 23.3 Å². The number of aliphatic carboxylic acids is 1. The van der Waals surface area contributed by atoms with Gasteiger partial charge in [-0.2, -0.15) is 0 Å². The molecule has 5 heteroatoms. The van der Waals surface area contributed by atoms with Crippen LogP contribution in [-0.4, -0.2) is 37.1 Å². The lowest BCUT2D eigenvalue weighted by atomic mass is 10.1. The van der Waals surface area contributed by atoms with Gasteiger partial charge < -0.3 is 14.9 Å². The molecule has 0 radical (unpaired) electrons. The number of para-hydroxylation sites is 1. The van der Waals surface area contributed by atoms with E-state index in [1.165, 1.54) is 0 Å². The average Bonchev–Trinajstić information content (AvgIpc) is 2.48. The van der Waals surface area contributed by atoms with Crippen LogP contribution in [0.2, 0.25) is 0 Å². The number of carboxylic acid groups (broad SMARTS) is 1. The molecule has 0 bridgehead atoms. The Balaban J connectivity index is 2.39. The van der Waals surface area contributed by atoms with Crippen LogP contribution in [-0.2, 0) is 9.59 Å². The van der Waals surface area contributed by atoms with Crippen LogP contribution in [0.25, 0.3) is 0 Å². The molecular formula is C14H18N2O3. The molecule has 1 aromatic carbocycles. The van der Waals surface area contributed by atoms with Crippen molar-refractivity contribution in [2.75, 3.05) is 29.9 Å². The van der Waals surface area contributed by atoms with Crippen LogP contribution < -0.4 is 9.80 Å². The third-order valence-corrected chi connectivity index (χ3v) is 3.46. The van der Waals surface area contributed by atoms with E-state index in [0.717, 1.165) is 16.9 Å². The first-order valence-corrected chi connectivity index (χ1v) is 6.33. The van der Waals surface area contributed by atoms with Crippen LogP contribution in [0, 0.1) is 6.92 Å². The number of nitrogens with zero attached hydrogens (tertiary/aromatic N) is 2. The minimum absolute atomic E-state index is 0.0599. The minimum Gasteiger partial charge on any atom is -0.481 e. The van der Waals surface area contributed by atoms with Crippen LogP contribution in [0.15, 0.2) is 18.2 Å². The average molecular weight is 262 g/mol. The fourth-order valence-corrected chi connectivity index (χ4v) is 2.42. The molecule has 19 heavy (non-hydrogen) atoms. The Morgan fingerprint density at radius 3 is 2.84 bits per heavy atom. The fraction of sp³-hybridized carbons (Fsp3) is 0.429. The monoisotopic (exact) mass is 262 g/mol. The highest BCUT2D eigenvalue weighted by molar-refractivity contribution is 5.98. The highest BCUT2D eigenvalue weighted by Crippen LogP contribution is 2.34. The van der Waals surface area contributed by atoms with Gasteiger partial charge in [-0.3, -0.25) is 9.59 Å². The Labute approximate surface area is 112 Å². The summed E-state index contributed by atoms with van der Waals surface area (Å²) in [7, 11) is 1.77. The molecule has 5 nitrogen and oxygen atoms in total. The van der Waals surface area contributed by atoms with Crippen LogP contribution in [0.5, 0.6) is 0 Å². The van der Waals surface area contributed by atoms with Crippen molar-refractivity contribution in [3.63, 3.8) is 0 Å². The van der Waals surface area contributed by atoms with Crippen molar-refractivity contribution in [1.29, 1.82) is 0 Å². The number of carboxylic acids is 1. The third-order valence-electron chi connectivity index (χ3n) is 3.46. The van der Waals surface area contributed by atoms with Gasteiger partial charge in [-0.25, -0.2) is 0 Å². The van der Waals surface area contributed by atoms with E-state index < -0.39 is 5.97 Å². The number of hydrogen-bond acceptors (Lipinski definition) is 3. The maximum atomic E-state index is 12.0. The fourth-order valence-electron chi connectivity index (χ4n) is 2.42. The van der Waals surface area contributed by atoms with E-state index in [0.29, 0.717) is 19.5 Å². The number of anilines is 2. The van der Waals surface area contributed by atoms with Crippen molar-refractivity contribution in [3.8, 4) is 0 Å². The van der Waals surface area contributed by atoms with Gasteiger partial charge in [0.25, 0.3) is 0 Å². The van der Waals surface area contributed by atoms with Gasteiger partial charge in [0, 0.05) is 26.6 Å². The van der Waals surface area contributed by atoms with Crippen LogP contribution in [0.1, 0.15) is 18.4 Å². The number of fused-ring (bicyclic) bond motifs is 1. The Morgan fingerprint density at radius 1 is 1.42 bits per heavy atom. The van der Waals surface area contributed by atoms with Crippen molar-refractivity contribution in [3.05, 3.63) is 23.8 Å². The van der Waals surface area contributed by atoms with Gasteiger partial charge >= 0.3 is 5.97 Å². The molecule has 0 aromatic heterocycles. The van der Waals surface area contributed by atoms with E-state index in [9.17, 15) is 9.59 Å². The molecular weight excluding hydrogens is 244 g/mol. The molecule has 1 amide bonds. The van der Waals surface area contributed by atoms with E-state index in [2.05, 4.69) is 0 Å². The first-order valence-electron chi connectivity index (χ1n) is 6.33. The van der Waals surface area contributed by atoms with Gasteiger partial charge in [0.15, 0.2) is 0 Å². The summed E-state index contributed by atoms with van der Waals surface area (Å²) in [5, 5.41) is 8.83. The van der Waals surface area contributed by atoms with Crippen LogP contribution in [0.4, 0.5) is 11.4 Å². The highest BCUT2D eigenvalue weighted by Gasteiger charge is 2.24. The Kier molecular flexibility index (Phi) is 3.74. The quantitative estimate of drug-likeness (QED) is 0.899. The summed E-state index contributed by atoms with van der Waals surface area (Å²) in [4.78, 5) is 26.4. The van der Waals surface area contributed by atoms with E-state index in [4.69, 9.17) is 5.11 Å². The van der Waals surface area contributed by atoms with Crippen molar-refractivity contribution in [2.45, 2.75) is 19.8 Å². The van der Waals surface area contributed by atoms with Crippen molar-refractivity contribution in [1.82, 2.24) is 0 Å². The molecule has 1 heterocycles. The number of carbonyl (C=O) groups is 2. The second-order valence-electron chi connectivity index (χ2n) is 4.78. The Hall–Kier alpha value is -2.04. The van der Waals surface area contributed by atoms with Gasteiger partial charge in [-0.15, -0.1) is 0 Å². The van der Waals surface area contributed by atoms with Crippen molar-refractivity contribution < 1.29 is 14.7 Å². The Morgan fingerprint density at radius 2 is 2.16 bits per heavy atom. The molecule has 1 aliphatic rings. The largest absolute Gasteiger partial charge is 0.481 e. The molecule has 0 fully saturated rings. The van der Waals surface area contributed by atoms with E-state index in [-0.39, 0.29) is 12.3 Å². The van der Waals surface area contributed by atoms with E-state index in [1.54, 1.807) is 11.9 Å². The standard InChI is InChI=1S/C14H18N2O3/c1-10-4-3-5-11-14(10)16(9-7-13(18)19)8-6-12(17)15(11)2/h3-5H,6-9H2,1-2H3,(H,18,19). The lowest BCUT2D eigenvalue weighted by Crippen LogP contribution is -2.28. The molecule has 0 aliphatic carbocycles. The Bertz CT molecular complexity index is 513. The molecule has 102 valence electrons. The zero-order valence-corrected chi connectivity index (χ0v) is 11.2. The predicted octanol–water partition coefficient (Wildman–Crippen LogP) is 1.64. The number of hydrogen-bond donors (Lipinski definition) is 1. The smallest absolute Gasteiger partial charge is 0.305 e. The summed E-state index contributed by atoms with van der Waals surface area (Å²) < 4.78 is 0. The normalized spacial score (nSPS) is 15.2. The molecule has 0 saturated heterocycles. The number of amides is 1. The maximum Gasteiger partial charge on any atom is 0.305 e. The van der Waals surface area contributed by atoms with Gasteiger partial charge in [-0.1, -0.05) is 12.1 Å². The first-order chi connectivity index (χ1) is 9.00. The number of rotatable bonds is 3. The zero-order valence-electron chi connectivity index (χ0n) is 11.2. The second-order valence-corrected chi connectivity index (χ2v) is 4.78. The lowest BCUT2D eigenvalue weighted by molar-refractivity contribution is -0.136. The van der Waals surface area contributed by atoms with Gasteiger partial charge in [0.05, 0.1) is 17.8 Å². The van der Waals surface area contributed by atoms with Gasteiger partial charge in [0.1, 0.15) is 0 Å². The summed E-state index contributed by atoms with van der Waals surface area (Å²) in [5.41, 5.74) is 2.88. The van der Waals surface area contributed by atoms with Crippen LogP contribution in [0.3, 0.4) is 0 Å². The summed E-state index contributed by atoms with van der Waals surface area (Å²) >= 11 is 0. The SMILES string of the molecule is Cc1cccc2c1N(CCC(=O)O)CCC(=O)N2C. The summed E-state index contributed by atoms with van der Waals surface area (Å²) in [6.07, 6.45) is 0.482. The van der Waals surface area contributed by atoms with E-state index in [1.807, 2.05) is 30.0 Å². The number of aryl methyl sites for hydroxylation is 1. The summed E-state index contributed by atoms with van der Waals surface area (Å²) in [6.45, 7) is 2.97. The van der Waals surface area contributed by atoms with Crippen molar-refractivity contribution in [2.24, 2.45) is 0 Å². The summed E-state index contributed by atoms with van der Waals surface area (Å²) in [5.74, 6) is -0.760. The molecule has 1 aliphatic heterocycles. The lowest BCUT2D eigenvalue weighted by Gasteiger charge is -2.26. The molecule has 1 aromatic rings. The van der Waals surface area contributed by atoms with Gasteiger partial charge in [0.2, 0.25) is 5.91 Å². The second kappa shape index (κ2) is 5.30. The highest BCUT2D eigenvalue weighted by atomic mass is 16.4. The predicted molar refractivity (Wildman–Crippen MR) is 73.7 cm³/mol. The zero-order chi connectivity index (χ0) is 14.0.